The van der Waals surface area contributed by atoms with E-state index in [9.17, 15) is 4.79 Å². The first-order chi connectivity index (χ1) is 7.77. The van der Waals surface area contributed by atoms with Crippen molar-refractivity contribution in [1.29, 1.82) is 0 Å². The molecule has 1 fully saturated rings. The van der Waals surface area contributed by atoms with E-state index in [0.29, 0.717) is 6.42 Å². The van der Waals surface area contributed by atoms with Crippen LogP contribution in [0.1, 0.15) is 25.0 Å². The lowest BCUT2D eigenvalue weighted by molar-refractivity contribution is -0.149. The third-order valence-electron chi connectivity index (χ3n) is 3.13. The van der Waals surface area contributed by atoms with Gasteiger partial charge in [-0.2, -0.15) is 0 Å². The molecule has 0 bridgehead atoms. The topological polar surface area (TPSA) is 51.5 Å². The summed E-state index contributed by atoms with van der Waals surface area (Å²) >= 11 is 0. The summed E-state index contributed by atoms with van der Waals surface area (Å²) in [6, 6.07) is 3.73. The van der Waals surface area contributed by atoms with E-state index in [1.807, 2.05) is 12.1 Å². The first kappa shape index (κ1) is 11.2. The Labute approximate surface area is 95.0 Å². The normalized spacial score (nSPS) is 25.3. The summed E-state index contributed by atoms with van der Waals surface area (Å²) in [6.45, 7) is 0.857. The molecule has 0 radical (unpaired) electrons. The van der Waals surface area contributed by atoms with Crippen LogP contribution in [-0.4, -0.2) is 25.2 Å². The van der Waals surface area contributed by atoms with Crippen molar-refractivity contribution in [3.05, 3.63) is 24.2 Å². The lowest BCUT2D eigenvalue weighted by atomic mass is 9.85. The number of nitrogens with one attached hydrogen (secondary N) is 1. The van der Waals surface area contributed by atoms with Crippen molar-refractivity contribution in [2.45, 2.75) is 31.2 Å². The van der Waals surface area contributed by atoms with Gasteiger partial charge >= 0.3 is 5.97 Å². The lowest BCUT2D eigenvalue weighted by Gasteiger charge is -2.35. The summed E-state index contributed by atoms with van der Waals surface area (Å²) in [5, 5.41) is 3.29. The molecule has 1 aliphatic heterocycles. The maximum Gasteiger partial charge on any atom is 0.326 e. The van der Waals surface area contributed by atoms with Crippen molar-refractivity contribution in [3.8, 4) is 0 Å². The van der Waals surface area contributed by atoms with Gasteiger partial charge in [0.2, 0.25) is 0 Å². The lowest BCUT2D eigenvalue weighted by Crippen LogP contribution is -2.56. The molecule has 0 amide bonds. The molecule has 4 heteroatoms. The Morgan fingerprint density at radius 3 is 3.06 bits per heavy atom. The molecule has 1 aliphatic rings. The number of rotatable bonds is 3. The molecule has 1 saturated heterocycles. The standard InChI is InChI=1S/C12H17NO3/c1-15-11(14)12(6-2-3-7-13-12)9-10-5-4-8-16-10/h4-5,8,13H,2-3,6-7,9H2,1H3. The van der Waals surface area contributed by atoms with E-state index < -0.39 is 5.54 Å². The van der Waals surface area contributed by atoms with E-state index in [1.54, 1.807) is 6.26 Å². The van der Waals surface area contributed by atoms with Crippen LogP contribution in [0.3, 0.4) is 0 Å². The molecule has 0 saturated carbocycles. The third-order valence-corrected chi connectivity index (χ3v) is 3.13. The first-order valence-electron chi connectivity index (χ1n) is 5.63. The molecule has 0 aliphatic carbocycles. The molecule has 88 valence electrons. The average Bonchev–Trinajstić information content (AvgIpc) is 2.82. The maximum atomic E-state index is 11.9. The van der Waals surface area contributed by atoms with E-state index >= 15 is 0 Å². The number of hydrogen-bond acceptors (Lipinski definition) is 4. The predicted molar refractivity (Wildman–Crippen MR) is 59.0 cm³/mol. The summed E-state index contributed by atoms with van der Waals surface area (Å²) in [4.78, 5) is 11.9. The third kappa shape index (κ3) is 2.11. The average molecular weight is 223 g/mol. The quantitative estimate of drug-likeness (QED) is 0.789. The van der Waals surface area contributed by atoms with Crippen molar-refractivity contribution in [1.82, 2.24) is 5.32 Å². The van der Waals surface area contributed by atoms with Crippen LogP contribution in [0.25, 0.3) is 0 Å². The minimum absolute atomic E-state index is 0.191. The second-order valence-corrected chi connectivity index (χ2v) is 4.21. The van der Waals surface area contributed by atoms with Gasteiger partial charge in [0.05, 0.1) is 13.4 Å². The van der Waals surface area contributed by atoms with Gasteiger partial charge in [-0.05, 0) is 37.9 Å². The van der Waals surface area contributed by atoms with Gasteiger partial charge in [-0.25, -0.2) is 0 Å². The monoisotopic (exact) mass is 223 g/mol. The van der Waals surface area contributed by atoms with Gasteiger partial charge < -0.3 is 14.5 Å². The fraction of sp³-hybridized carbons (Fsp3) is 0.583. The van der Waals surface area contributed by atoms with Crippen LogP contribution >= 0.6 is 0 Å². The summed E-state index contributed by atoms with van der Waals surface area (Å²) in [7, 11) is 1.43. The largest absolute Gasteiger partial charge is 0.469 e. The molecule has 0 aromatic carbocycles. The Morgan fingerprint density at radius 1 is 1.62 bits per heavy atom. The summed E-state index contributed by atoms with van der Waals surface area (Å²) in [5.41, 5.74) is -0.592. The van der Waals surface area contributed by atoms with Crippen LogP contribution in [0.15, 0.2) is 22.8 Å². The number of esters is 1. The van der Waals surface area contributed by atoms with E-state index in [0.717, 1.165) is 31.6 Å². The number of hydrogen-bond donors (Lipinski definition) is 1. The smallest absolute Gasteiger partial charge is 0.326 e. The number of carbonyl (C=O) groups excluding carboxylic acids is 1. The van der Waals surface area contributed by atoms with Crippen molar-refractivity contribution in [2.75, 3.05) is 13.7 Å². The molecular formula is C12H17NO3. The Morgan fingerprint density at radius 2 is 2.50 bits per heavy atom. The SMILES string of the molecule is COC(=O)C1(Cc2ccco2)CCCCN1. The zero-order chi connectivity index (χ0) is 11.4. The molecule has 1 aromatic rings. The van der Waals surface area contributed by atoms with Gasteiger partial charge in [-0.1, -0.05) is 0 Å². The van der Waals surface area contributed by atoms with Crippen LogP contribution in [0, 0.1) is 0 Å². The highest BCUT2D eigenvalue weighted by Crippen LogP contribution is 2.25. The van der Waals surface area contributed by atoms with Crippen LogP contribution in [0.5, 0.6) is 0 Å². The highest BCUT2D eigenvalue weighted by atomic mass is 16.5. The molecule has 2 rings (SSSR count). The van der Waals surface area contributed by atoms with E-state index in [1.165, 1.54) is 7.11 Å². The molecular weight excluding hydrogens is 206 g/mol. The van der Waals surface area contributed by atoms with Crippen LogP contribution in [0.2, 0.25) is 0 Å². The zero-order valence-electron chi connectivity index (χ0n) is 9.49. The van der Waals surface area contributed by atoms with Crippen molar-refractivity contribution in [2.24, 2.45) is 0 Å². The van der Waals surface area contributed by atoms with Gasteiger partial charge in [0.1, 0.15) is 11.3 Å². The van der Waals surface area contributed by atoms with Gasteiger partial charge in [-0.15, -0.1) is 0 Å². The molecule has 1 N–H and O–H groups in total. The molecule has 1 atom stereocenters. The number of piperidine rings is 1. The minimum atomic E-state index is -0.592. The predicted octanol–water partition coefficient (Wildman–Crippen LogP) is 1.51. The fourth-order valence-corrected chi connectivity index (χ4v) is 2.27. The number of ether oxygens (including phenoxy) is 1. The zero-order valence-corrected chi connectivity index (χ0v) is 9.49. The van der Waals surface area contributed by atoms with Gasteiger partial charge in [0.25, 0.3) is 0 Å². The van der Waals surface area contributed by atoms with Gasteiger partial charge in [0.15, 0.2) is 0 Å². The van der Waals surface area contributed by atoms with Gasteiger partial charge in [0, 0.05) is 6.42 Å². The van der Waals surface area contributed by atoms with Crippen LogP contribution < -0.4 is 5.32 Å². The second-order valence-electron chi connectivity index (χ2n) is 4.21. The van der Waals surface area contributed by atoms with E-state index in [2.05, 4.69) is 5.32 Å². The molecule has 1 aromatic heterocycles. The molecule has 2 heterocycles. The summed E-state index contributed by atoms with van der Waals surface area (Å²) in [5.74, 6) is 0.628. The van der Waals surface area contributed by atoms with Crippen molar-refractivity contribution < 1.29 is 13.9 Å². The highest BCUT2D eigenvalue weighted by Gasteiger charge is 2.41. The molecule has 4 nitrogen and oxygen atoms in total. The Hall–Kier alpha value is -1.29. The number of carbonyl (C=O) groups is 1. The van der Waals surface area contributed by atoms with Crippen molar-refractivity contribution in [3.63, 3.8) is 0 Å². The highest BCUT2D eigenvalue weighted by molar-refractivity contribution is 5.81. The molecule has 0 spiro atoms. The maximum absolute atomic E-state index is 11.9. The van der Waals surface area contributed by atoms with E-state index in [-0.39, 0.29) is 5.97 Å². The Balaban J connectivity index is 2.16. The fourth-order valence-electron chi connectivity index (χ4n) is 2.27. The van der Waals surface area contributed by atoms with Crippen molar-refractivity contribution >= 4 is 5.97 Å². The summed E-state index contributed by atoms with van der Waals surface area (Å²) < 4.78 is 10.2. The number of furan rings is 1. The molecule has 16 heavy (non-hydrogen) atoms. The van der Waals surface area contributed by atoms with E-state index in [4.69, 9.17) is 9.15 Å². The number of methoxy groups -OCH3 is 1. The van der Waals surface area contributed by atoms with Crippen LogP contribution in [0.4, 0.5) is 0 Å². The van der Waals surface area contributed by atoms with Gasteiger partial charge in [-0.3, -0.25) is 4.79 Å². The summed E-state index contributed by atoms with van der Waals surface area (Å²) in [6.07, 6.45) is 5.15. The first-order valence-corrected chi connectivity index (χ1v) is 5.63. The Bertz CT molecular complexity index is 339. The van der Waals surface area contributed by atoms with Crippen LogP contribution in [-0.2, 0) is 16.0 Å². The minimum Gasteiger partial charge on any atom is -0.469 e. The second kappa shape index (κ2) is 4.70. The Kier molecular flexibility index (Phi) is 3.29. The molecule has 1 unspecified atom stereocenters.